The van der Waals surface area contributed by atoms with E-state index in [1.54, 1.807) is 6.20 Å². The Morgan fingerprint density at radius 1 is 1.33 bits per heavy atom. The fourth-order valence-electron chi connectivity index (χ4n) is 1.32. The Morgan fingerprint density at radius 2 is 2.07 bits per heavy atom. The molecule has 2 N–H and O–H groups in total. The Morgan fingerprint density at radius 3 is 2.73 bits per heavy atom. The van der Waals surface area contributed by atoms with E-state index in [2.05, 4.69) is 15.3 Å². The molecule has 0 saturated heterocycles. The van der Waals surface area contributed by atoms with Gasteiger partial charge in [0.15, 0.2) is 0 Å². The zero-order valence-corrected chi connectivity index (χ0v) is 8.32. The van der Waals surface area contributed by atoms with Gasteiger partial charge in [0, 0.05) is 6.92 Å². The Hall–Kier alpha value is -2.10. The second-order valence-electron chi connectivity index (χ2n) is 3.19. The number of nitrogens with one attached hydrogen (secondary N) is 2. The molecular weight excluding hydrogens is 190 g/mol. The molecular formula is C11H11N3O. The first kappa shape index (κ1) is 9.45. The van der Waals surface area contributed by atoms with Crippen molar-refractivity contribution in [3.05, 3.63) is 36.5 Å². The molecule has 15 heavy (non-hydrogen) atoms. The average Bonchev–Trinajstić information content (AvgIpc) is 2.67. The Bertz CT molecular complexity index is 462. The van der Waals surface area contributed by atoms with Gasteiger partial charge in [-0.05, 0) is 5.56 Å². The average molecular weight is 201 g/mol. The van der Waals surface area contributed by atoms with E-state index < -0.39 is 0 Å². The van der Waals surface area contributed by atoms with E-state index in [4.69, 9.17) is 0 Å². The third kappa shape index (κ3) is 2.22. The molecule has 1 amide bonds. The van der Waals surface area contributed by atoms with Gasteiger partial charge in [0.05, 0.1) is 11.9 Å². The van der Waals surface area contributed by atoms with Gasteiger partial charge >= 0.3 is 0 Å². The predicted octanol–water partition coefficient (Wildman–Crippen LogP) is 2.04. The summed E-state index contributed by atoms with van der Waals surface area (Å²) in [5.74, 6) is 0.338. The summed E-state index contributed by atoms with van der Waals surface area (Å²) in [6, 6.07) is 9.81. The maximum absolute atomic E-state index is 10.8. The molecule has 76 valence electrons. The summed E-state index contributed by atoms with van der Waals surface area (Å²) in [5, 5.41) is 2.59. The summed E-state index contributed by atoms with van der Waals surface area (Å²) in [7, 11) is 0. The number of amides is 1. The number of aromatic nitrogens is 2. The van der Waals surface area contributed by atoms with Crippen molar-refractivity contribution in [2.75, 3.05) is 5.32 Å². The smallest absolute Gasteiger partial charge is 0.223 e. The standard InChI is InChI=1S/C11H11N3O/c1-8(15)13-11-12-7-10(14-11)9-5-3-2-4-6-9/h2-7H,1H3,(H2,12,13,14,15). The molecule has 0 spiro atoms. The van der Waals surface area contributed by atoms with E-state index in [-0.39, 0.29) is 5.91 Å². The van der Waals surface area contributed by atoms with Gasteiger partial charge in [0.1, 0.15) is 0 Å². The Balaban J connectivity index is 2.24. The number of nitrogens with zero attached hydrogens (tertiary/aromatic N) is 1. The molecule has 0 saturated carbocycles. The number of hydrogen-bond donors (Lipinski definition) is 2. The summed E-state index contributed by atoms with van der Waals surface area (Å²) < 4.78 is 0. The summed E-state index contributed by atoms with van der Waals surface area (Å²) in [5.41, 5.74) is 1.93. The number of imidazole rings is 1. The lowest BCUT2D eigenvalue weighted by molar-refractivity contribution is -0.114. The van der Waals surface area contributed by atoms with Gasteiger partial charge in [-0.3, -0.25) is 10.1 Å². The predicted molar refractivity (Wildman–Crippen MR) is 58.3 cm³/mol. The van der Waals surface area contributed by atoms with Gasteiger partial charge in [-0.2, -0.15) is 0 Å². The largest absolute Gasteiger partial charge is 0.324 e. The molecule has 0 fully saturated rings. The van der Waals surface area contributed by atoms with Crippen LogP contribution >= 0.6 is 0 Å². The highest BCUT2D eigenvalue weighted by Gasteiger charge is 2.02. The van der Waals surface area contributed by atoms with Crippen molar-refractivity contribution in [3.8, 4) is 11.3 Å². The monoisotopic (exact) mass is 201 g/mol. The first-order valence-corrected chi connectivity index (χ1v) is 4.64. The summed E-state index contributed by atoms with van der Waals surface area (Å²) >= 11 is 0. The van der Waals surface area contributed by atoms with Crippen LogP contribution in [-0.4, -0.2) is 15.9 Å². The fourth-order valence-corrected chi connectivity index (χ4v) is 1.32. The number of aromatic amines is 1. The van der Waals surface area contributed by atoms with E-state index in [0.29, 0.717) is 5.95 Å². The minimum Gasteiger partial charge on any atom is -0.324 e. The minimum absolute atomic E-state index is 0.135. The Labute approximate surface area is 87.4 Å². The van der Waals surface area contributed by atoms with Crippen LogP contribution in [-0.2, 0) is 4.79 Å². The molecule has 0 unspecified atom stereocenters. The molecule has 4 nitrogen and oxygen atoms in total. The zero-order valence-electron chi connectivity index (χ0n) is 8.32. The minimum atomic E-state index is -0.135. The molecule has 2 aromatic rings. The van der Waals surface area contributed by atoms with Crippen molar-refractivity contribution >= 4 is 11.9 Å². The molecule has 0 atom stereocenters. The first-order valence-electron chi connectivity index (χ1n) is 4.64. The second kappa shape index (κ2) is 3.96. The molecule has 2 rings (SSSR count). The first-order chi connectivity index (χ1) is 7.25. The number of benzene rings is 1. The maximum Gasteiger partial charge on any atom is 0.223 e. The molecule has 0 bridgehead atoms. The lowest BCUT2D eigenvalue weighted by Crippen LogP contribution is -2.06. The quantitative estimate of drug-likeness (QED) is 0.781. The van der Waals surface area contributed by atoms with Crippen molar-refractivity contribution in [2.24, 2.45) is 0 Å². The maximum atomic E-state index is 10.8. The number of carbonyl (C=O) groups excluding carboxylic acids is 1. The number of anilines is 1. The van der Waals surface area contributed by atoms with Crippen LogP contribution in [0.4, 0.5) is 5.95 Å². The molecule has 0 radical (unpaired) electrons. The third-order valence-corrected chi connectivity index (χ3v) is 1.96. The summed E-state index contributed by atoms with van der Waals surface area (Å²) in [6.07, 6.45) is 1.70. The van der Waals surface area contributed by atoms with Gasteiger partial charge in [-0.1, -0.05) is 30.3 Å². The number of rotatable bonds is 2. The second-order valence-corrected chi connectivity index (χ2v) is 3.19. The lowest BCUT2D eigenvalue weighted by atomic mass is 10.2. The van der Waals surface area contributed by atoms with Crippen molar-refractivity contribution in [3.63, 3.8) is 0 Å². The molecule has 4 heteroatoms. The van der Waals surface area contributed by atoms with Gasteiger partial charge < -0.3 is 4.98 Å². The fraction of sp³-hybridized carbons (Fsp3) is 0.0909. The van der Waals surface area contributed by atoms with Crippen LogP contribution in [0.2, 0.25) is 0 Å². The van der Waals surface area contributed by atoms with Crippen LogP contribution in [0.3, 0.4) is 0 Å². The molecule has 1 heterocycles. The topological polar surface area (TPSA) is 57.8 Å². The van der Waals surface area contributed by atoms with E-state index in [1.165, 1.54) is 6.92 Å². The van der Waals surface area contributed by atoms with Crippen molar-refractivity contribution in [1.29, 1.82) is 0 Å². The van der Waals surface area contributed by atoms with Crippen LogP contribution in [0.1, 0.15) is 6.92 Å². The number of carbonyl (C=O) groups is 1. The van der Waals surface area contributed by atoms with Crippen LogP contribution in [0.15, 0.2) is 36.5 Å². The molecule has 0 aliphatic carbocycles. The molecule has 0 aliphatic rings. The SMILES string of the molecule is CC(=O)Nc1ncc(-c2ccccc2)[nH]1. The Kier molecular flexibility index (Phi) is 2.49. The van der Waals surface area contributed by atoms with Crippen LogP contribution < -0.4 is 5.32 Å². The highest BCUT2D eigenvalue weighted by atomic mass is 16.1. The molecule has 0 aliphatic heterocycles. The summed E-state index contributed by atoms with van der Waals surface area (Å²) in [6.45, 7) is 1.45. The molecule has 1 aromatic carbocycles. The molecule has 1 aromatic heterocycles. The van der Waals surface area contributed by atoms with E-state index in [0.717, 1.165) is 11.3 Å². The van der Waals surface area contributed by atoms with Crippen molar-refractivity contribution in [1.82, 2.24) is 9.97 Å². The van der Waals surface area contributed by atoms with Gasteiger partial charge in [-0.25, -0.2) is 4.98 Å². The zero-order chi connectivity index (χ0) is 10.7. The normalized spacial score (nSPS) is 9.93. The van der Waals surface area contributed by atoms with E-state index >= 15 is 0 Å². The number of hydrogen-bond acceptors (Lipinski definition) is 2. The van der Waals surface area contributed by atoms with Crippen LogP contribution in [0, 0.1) is 0 Å². The van der Waals surface area contributed by atoms with E-state index in [1.807, 2.05) is 30.3 Å². The van der Waals surface area contributed by atoms with Gasteiger partial charge in [-0.15, -0.1) is 0 Å². The summed E-state index contributed by atoms with van der Waals surface area (Å²) in [4.78, 5) is 17.9. The third-order valence-electron chi connectivity index (χ3n) is 1.96. The van der Waals surface area contributed by atoms with Crippen molar-refractivity contribution < 1.29 is 4.79 Å². The van der Waals surface area contributed by atoms with Crippen LogP contribution in [0.25, 0.3) is 11.3 Å². The van der Waals surface area contributed by atoms with E-state index in [9.17, 15) is 4.79 Å². The van der Waals surface area contributed by atoms with Crippen molar-refractivity contribution in [2.45, 2.75) is 6.92 Å². The van der Waals surface area contributed by atoms with Gasteiger partial charge in [0.25, 0.3) is 0 Å². The lowest BCUT2D eigenvalue weighted by Gasteiger charge is -1.96. The highest BCUT2D eigenvalue weighted by molar-refractivity contribution is 5.87. The van der Waals surface area contributed by atoms with Crippen LogP contribution in [0.5, 0.6) is 0 Å². The van der Waals surface area contributed by atoms with Gasteiger partial charge in [0.2, 0.25) is 11.9 Å². The number of H-pyrrole nitrogens is 1. The highest BCUT2D eigenvalue weighted by Crippen LogP contribution is 2.17.